The zero-order valence-corrected chi connectivity index (χ0v) is 9.63. The van der Waals surface area contributed by atoms with E-state index in [0.29, 0.717) is 0 Å². The Morgan fingerprint density at radius 1 is 1.31 bits per heavy atom. The van der Waals surface area contributed by atoms with Gasteiger partial charge < -0.3 is 10.1 Å². The van der Waals surface area contributed by atoms with Crippen molar-refractivity contribution in [2.75, 3.05) is 26.3 Å². The van der Waals surface area contributed by atoms with E-state index in [4.69, 9.17) is 4.74 Å². The molecule has 0 unspecified atom stereocenters. The number of halogens is 1. The lowest BCUT2D eigenvalue weighted by atomic mass is 9.73. The highest BCUT2D eigenvalue weighted by atomic mass is 19.1. The summed E-state index contributed by atoms with van der Waals surface area (Å²) in [5, 5.41) is 3.29. The van der Waals surface area contributed by atoms with E-state index in [1.54, 1.807) is 0 Å². The maximum atomic E-state index is 12.9. The minimum absolute atomic E-state index is 0.156. The summed E-state index contributed by atoms with van der Waals surface area (Å²) in [6.07, 6.45) is 0.999. The van der Waals surface area contributed by atoms with Gasteiger partial charge in [0.1, 0.15) is 5.82 Å². The number of hydrogen-bond donors (Lipinski definition) is 1. The van der Waals surface area contributed by atoms with Gasteiger partial charge in [0.05, 0.1) is 0 Å². The Morgan fingerprint density at radius 2 is 2.00 bits per heavy atom. The molecule has 1 N–H and O–H groups in total. The SMILES string of the molecule is CCOCCC1(c2ccc(F)cc2)CNC1. The smallest absolute Gasteiger partial charge is 0.123 e. The molecule has 88 valence electrons. The van der Waals surface area contributed by atoms with Crippen LogP contribution in [0.2, 0.25) is 0 Å². The topological polar surface area (TPSA) is 21.3 Å². The predicted molar refractivity (Wildman–Crippen MR) is 62.1 cm³/mol. The van der Waals surface area contributed by atoms with Gasteiger partial charge in [-0.2, -0.15) is 0 Å². The van der Waals surface area contributed by atoms with Gasteiger partial charge in [-0.1, -0.05) is 12.1 Å². The first kappa shape index (κ1) is 11.6. The second-order valence-electron chi connectivity index (χ2n) is 4.34. The van der Waals surface area contributed by atoms with Crippen LogP contribution in [0.15, 0.2) is 24.3 Å². The Morgan fingerprint density at radius 3 is 2.50 bits per heavy atom. The molecule has 1 aliphatic heterocycles. The van der Waals surface area contributed by atoms with Crippen LogP contribution in [0.5, 0.6) is 0 Å². The highest BCUT2D eigenvalue weighted by Gasteiger charge is 2.38. The van der Waals surface area contributed by atoms with Crippen molar-refractivity contribution in [2.45, 2.75) is 18.8 Å². The molecule has 0 aliphatic carbocycles. The highest BCUT2D eigenvalue weighted by molar-refractivity contribution is 5.30. The molecule has 0 bridgehead atoms. The molecular formula is C13H18FNO. The molecule has 1 saturated heterocycles. The van der Waals surface area contributed by atoms with Crippen LogP contribution in [0.4, 0.5) is 4.39 Å². The van der Waals surface area contributed by atoms with Crippen LogP contribution in [0.1, 0.15) is 18.9 Å². The first-order chi connectivity index (χ1) is 7.77. The fourth-order valence-electron chi connectivity index (χ4n) is 2.17. The Bertz CT molecular complexity index is 332. The van der Waals surface area contributed by atoms with Crippen LogP contribution in [-0.4, -0.2) is 26.3 Å². The third-order valence-corrected chi connectivity index (χ3v) is 3.31. The fraction of sp³-hybridized carbons (Fsp3) is 0.538. The molecule has 2 nitrogen and oxygen atoms in total. The third-order valence-electron chi connectivity index (χ3n) is 3.31. The van der Waals surface area contributed by atoms with E-state index in [1.165, 1.54) is 17.7 Å². The predicted octanol–water partition coefficient (Wildman–Crippen LogP) is 2.09. The van der Waals surface area contributed by atoms with Crippen molar-refractivity contribution < 1.29 is 9.13 Å². The van der Waals surface area contributed by atoms with Crippen molar-refractivity contribution in [1.29, 1.82) is 0 Å². The van der Waals surface area contributed by atoms with Gasteiger partial charge in [-0.05, 0) is 31.0 Å². The lowest BCUT2D eigenvalue weighted by molar-refractivity contribution is 0.109. The van der Waals surface area contributed by atoms with Gasteiger partial charge in [-0.3, -0.25) is 0 Å². The lowest BCUT2D eigenvalue weighted by Gasteiger charge is -2.43. The molecular weight excluding hydrogens is 205 g/mol. The van der Waals surface area contributed by atoms with Gasteiger partial charge in [0.25, 0.3) is 0 Å². The molecule has 0 radical (unpaired) electrons. The molecule has 0 saturated carbocycles. The summed E-state index contributed by atoms with van der Waals surface area (Å²) in [5.74, 6) is -0.170. The molecule has 1 aromatic rings. The minimum Gasteiger partial charge on any atom is -0.382 e. The van der Waals surface area contributed by atoms with Crippen molar-refractivity contribution in [3.05, 3.63) is 35.6 Å². The molecule has 1 aliphatic rings. The van der Waals surface area contributed by atoms with Crippen molar-refractivity contribution in [3.8, 4) is 0 Å². The summed E-state index contributed by atoms with van der Waals surface area (Å²) in [7, 11) is 0. The second-order valence-corrected chi connectivity index (χ2v) is 4.34. The van der Waals surface area contributed by atoms with Crippen LogP contribution in [0.3, 0.4) is 0 Å². The van der Waals surface area contributed by atoms with Gasteiger partial charge in [0.2, 0.25) is 0 Å². The molecule has 3 heteroatoms. The fourth-order valence-corrected chi connectivity index (χ4v) is 2.17. The van der Waals surface area contributed by atoms with Crippen LogP contribution in [-0.2, 0) is 10.2 Å². The van der Waals surface area contributed by atoms with Gasteiger partial charge in [-0.15, -0.1) is 0 Å². The number of ether oxygens (including phenoxy) is 1. The van der Waals surface area contributed by atoms with Crippen LogP contribution < -0.4 is 5.32 Å². The van der Waals surface area contributed by atoms with E-state index >= 15 is 0 Å². The number of benzene rings is 1. The molecule has 0 spiro atoms. The minimum atomic E-state index is -0.170. The standard InChI is InChI=1S/C13H18FNO/c1-2-16-8-7-13(9-15-10-13)11-3-5-12(14)6-4-11/h3-6,15H,2,7-10H2,1H3. The van der Waals surface area contributed by atoms with Gasteiger partial charge >= 0.3 is 0 Å². The highest BCUT2D eigenvalue weighted by Crippen LogP contribution is 2.32. The Labute approximate surface area is 95.8 Å². The van der Waals surface area contributed by atoms with E-state index in [2.05, 4.69) is 5.32 Å². The van der Waals surface area contributed by atoms with Crippen molar-refractivity contribution in [1.82, 2.24) is 5.32 Å². The summed E-state index contributed by atoms with van der Waals surface area (Å²) in [4.78, 5) is 0. The summed E-state index contributed by atoms with van der Waals surface area (Å²) < 4.78 is 18.3. The quantitative estimate of drug-likeness (QED) is 0.772. The number of hydrogen-bond acceptors (Lipinski definition) is 2. The monoisotopic (exact) mass is 223 g/mol. The van der Waals surface area contributed by atoms with Crippen LogP contribution >= 0.6 is 0 Å². The molecule has 0 atom stereocenters. The summed E-state index contributed by atoms with van der Waals surface area (Å²) in [6, 6.07) is 6.86. The zero-order valence-electron chi connectivity index (χ0n) is 9.63. The number of rotatable bonds is 5. The molecule has 16 heavy (non-hydrogen) atoms. The van der Waals surface area contributed by atoms with Crippen LogP contribution in [0, 0.1) is 5.82 Å². The lowest BCUT2D eigenvalue weighted by Crippen LogP contribution is -2.57. The van der Waals surface area contributed by atoms with Gasteiger partial charge in [0.15, 0.2) is 0 Å². The first-order valence-corrected chi connectivity index (χ1v) is 5.81. The first-order valence-electron chi connectivity index (χ1n) is 5.81. The van der Waals surface area contributed by atoms with Crippen LogP contribution in [0.25, 0.3) is 0 Å². The van der Waals surface area contributed by atoms with E-state index < -0.39 is 0 Å². The molecule has 1 heterocycles. The summed E-state index contributed by atoms with van der Waals surface area (Å²) in [6.45, 7) is 5.46. The normalized spacial score (nSPS) is 18.1. The Balaban J connectivity index is 2.05. The third kappa shape index (κ3) is 2.25. The van der Waals surface area contributed by atoms with E-state index in [1.807, 2.05) is 19.1 Å². The largest absolute Gasteiger partial charge is 0.382 e. The van der Waals surface area contributed by atoms with Crippen molar-refractivity contribution in [2.24, 2.45) is 0 Å². The average Bonchev–Trinajstić information content (AvgIpc) is 2.24. The Kier molecular flexibility index (Phi) is 3.56. The Hall–Kier alpha value is -0.930. The molecule has 1 aromatic carbocycles. The molecule has 0 aromatic heterocycles. The maximum absolute atomic E-state index is 12.9. The van der Waals surface area contributed by atoms with E-state index in [0.717, 1.165) is 32.7 Å². The zero-order chi connectivity index (χ0) is 11.4. The summed E-state index contributed by atoms with van der Waals surface area (Å²) in [5.41, 5.74) is 1.37. The summed E-state index contributed by atoms with van der Waals surface area (Å²) >= 11 is 0. The maximum Gasteiger partial charge on any atom is 0.123 e. The van der Waals surface area contributed by atoms with Gasteiger partial charge in [0, 0.05) is 31.7 Å². The second kappa shape index (κ2) is 4.93. The molecule has 1 fully saturated rings. The molecule has 2 rings (SSSR count). The molecule has 0 amide bonds. The number of nitrogens with one attached hydrogen (secondary N) is 1. The van der Waals surface area contributed by atoms with Crippen molar-refractivity contribution in [3.63, 3.8) is 0 Å². The van der Waals surface area contributed by atoms with Crippen molar-refractivity contribution >= 4 is 0 Å². The van der Waals surface area contributed by atoms with E-state index in [-0.39, 0.29) is 11.2 Å². The van der Waals surface area contributed by atoms with E-state index in [9.17, 15) is 4.39 Å². The average molecular weight is 223 g/mol. The van der Waals surface area contributed by atoms with Gasteiger partial charge in [-0.25, -0.2) is 4.39 Å².